The molecule has 1 saturated heterocycles. The maximum absolute atomic E-state index is 12.7. The van der Waals surface area contributed by atoms with E-state index in [9.17, 15) is 9.59 Å². The molecule has 3 rings (SSSR count). The predicted octanol–water partition coefficient (Wildman–Crippen LogP) is 2.42. The van der Waals surface area contributed by atoms with Crippen molar-refractivity contribution >= 4 is 17.5 Å². The van der Waals surface area contributed by atoms with E-state index in [1.54, 1.807) is 25.1 Å². The minimum absolute atomic E-state index is 0.00269. The van der Waals surface area contributed by atoms with E-state index in [4.69, 9.17) is 4.74 Å². The quantitative estimate of drug-likeness (QED) is 0.863. The summed E-state index contributed by atoms with van der Waals surface area (Å²) in [5.74, 6) is 0.317. The zero-order valence-corrected chi connectivity index (χ0v) is 12.2. The Labute approximate surface area is 124 Å². The Kier molecular flexibility index (Phi) is 3.82. The monoisotopic (exact) mass is 288 g/mol. The lowest BCUT2D eigenvalue weighted by atomic mass is 10.1. The van der Waals surface area contributed by atoms with Crippen molar-refractivity contribution in [1.29, 1.82) is 0 Å². The van der Waals surface area contributed by atoms with Gasteiger partial charge in [-0.2, -0.15) is 0 Å². The summed E-state index contributed by atoms with van der Waals surface area (Å²) >= 11 is 0. The van der Waals surface area contributed by atoms with Crippen molar-refractivity contribution in [1.82, 2.24) is 4.90 Å². The normalized spacial score (nSPS) is 21.9. The van der Waals surface area contributed by atoms with Gasteiger partial charge in [0, 0.05) is 13.1 Å². The average molecular weight is 288 g/mol. The molecular weight excluding hydrogens is 268 g/mol. The van der Waals surface area contributed by atoms with Gasteiger partial charge in [0.15, 0.2) is 11.9 Å². The molecule has 1 aromatic rings. The molecule has 0 aliphatic carbocycles. The maximum Gasteiger partial charge on any atom is 0.265 e. The second-order valence-corrected chi connectivity index (χ2v) is 5.64. The van der Waals surface area contributed by atoms with Gasteiger partial charge < -0.3 is 15.0 Å². The molecule has 0 saturated carbocycles. The average Bonchev–Trinajstić information content (AvgIpc) is 2.76. The van der Waals surface area contributed by atoms with E-state index >= 15 is 0 Å². The lowest BCUT2D eigenvalue weighted by Crippen LogP contribution is -2.37. The molecule has 2 aliphatic rings. The standard InChI is InChI=1S/C16H20N2O3/c1-11-15(19)17-13-8-6-7-12(14(13)21-11)16(20)18-9-4-2-3-5-10-18/h6-8,11H,2-5,9-10H2,1H3,(H,17,19). The van der Waals surface area contributed by atoms with Gasteiger partial charge in [-0.05, 0) is 31.9 Å². The lowest BCUT2D eigenvalue weighted by Gasteiger charge is -2.27. The fourth-order valence-corrected chi connectivity index (χ4v) is 2.84. The Balaban J connectivity index is 1.90. The first-order valence-corrected chi connectivity index (χ1v) is 7.56. The Morgan fingerprint density at radius 1 is 1.24 bits per heavy atom. The van der Waals surface area contributed by atoms with Crippen molar-refractivity contribution in [3.8, 4) is 5.75 Å². The minimum Gasteiger partial charge on any atom is -0.478 e. The number of hydrogen-bond acceptors (Lipinski definition) is 3. The van der Waals surface area contributed by atoms with Gasteiger partial charge in [0.1, 0.15) is 0 Å². The topological polar surface area (TPSA) is 58.6 Å². The second-order valence-electron chi connectivity index (χ2n) is 5.64. The van der Waals surface area contributed by atoms with Crippen LogP contribution in [0.2, 0.25) is 0 Å². The van der Waals surface area contributed by atoms with Gasteiger partial charge in [0.05, 0.1) is 11.3 Å². The van der Waals surface area contributed by atoms with Gasteiger partial charge in [0.2, 0.25) is 0 Å². The van der Waals surface area contributed by atoms with Gasteiger partial charge in [-0.1, -0.05) is 18.9 Å². The maximum atomic E-state index is 12.7. The van der Waals surface area contributed by atoms with Crippen molar-refractivity contribution in [3.63, 3.8) is 0 Å². The second kappa shape index (κ2) is 5.76. The number of hydrogen-bond donors (Lipinski definition) is 1. The molecule has 5 heteroatoms. The zero-order valence-electron chi connectivity index (χ0n) is 12.2. The number of amides is 2. The molecule has 21 heavy (non-hydrogen) atoms. The van der Waals surface area contributed by atoms with Gasteiger partial charge >= 0.3 is 0 Å². The van der Waals surface area contributed by atoms with Crippen LogP contribution in [0.1, 0.15) is 43.0 Å². The Morgan fingerprint density at radius 3 is 2.67 bits per heavy atom. The molecule has 0 bridgehead atoms. The first-order chi connectivity index (χ1) is 10.2. The van der Waals surface area contributed by atoms with Gasteiger partial charge in [0.25, 0.3) is 11.8 Å². The van der Waals surface area contributed by atoms with Crippen LogP contribution in [-0.4, -0.2) is 35.9 Å². The summed E-state index contributed by atoms with van der Waals surface area (Å²) < 4.78 is 5.66. The van der Waals surface area contributed by atoms with E-state index in [-0.39, 0.29) is 11.8 Å². The number of ether oxygens (including phenoxy) is 1. The van der Waals surface area contributed by atoms with Crippen LogP contribution in [0.4, 0.5) is 5.69 Å². The number of likely N-dealkylation sites (tertiary alicyclic amines) is 1. The molecule has 1 aromatic carbocycles. The number of rotatable bonds is 1. The highest BCUT2D eigenvalue weighted by atomic mass is 16.5. The fourth-order valence-electron chi connectivity index (χ4n) is 2.84. The highest BCUT2D eigenvalue weighted by Gasteiger charge is 2.29. The SMILES string of the molecule is CC1Oc2c(cccc2C(=O)N2CCCCCC2)NC1=O. The van der Waals surface area contributed by atoms with Crippen LogP contribution in [-0.2, 0) is 4.79 Å². The molecule has 112 valence electrons. The third kappa shape index (κ3) is 2.73. The number of para-hydroxylation sites is 1. The molecule has 2 heterocycles. The predicted molar refractivity (Wildman–Crippen MR) is 79.5 cm³/mol. The summed E-state index contributed by atoms with van der Waals surface area (Å²) in [5.41, 5.74) is 1.13. The van der Waals surface area contributed by atoms with Crippen molar-refractivity contribution in [2.75, 3.05) is 18.4 Å². The molecule has 5 nitrogen and oxygen atoms in total. The molecular formula is C16H20N2O3. The molecule has 1 N–H and O–H groups in total. The van der Waals surface area contributed by atoms with Crippen LogP contribution in [0.25, 0.3) is 0 Å². The summed E-state index contributed by atoms with van der Waals surface area (Å²) in [6.45, 7) is 3.28. The minimum atomic E-state index is -0.574. The van der Waals surface area contributed by atoms with E-state index < -0.39 is 6.10 Å². The number of fused-ring (bicyclic) bond motifs is 1. The van der Waals surface area contributed by atoms with E-state index in [1.165, 1.54) is 12.8 Å². The molecule has 0 aromatic heterocycles. The number of benzene rings is 1. The first-order valence-electron chi connectivity index (χ1n) is 7.56. The number of carbonyl (C=O) groups is 2. The lowest BCUT2D eigenvalue weighted by molar-refractivity contribution is -0.122. The van der Waals surface area contributed by atoms with Crippen molar-refractivity contribution < 1.29 is 14.3 Å². The fraction of sp³-hybridized carbons (Fsp3) is 0.500. The number of carbonyl (C=O) groups excluding carboxylic acids is 2. The Morgan fingerprint density at radius 2 is 1.95 bits per heavy atom. The summed E-state index contributed by atoms with van der Waals surface area (Å²) in [7, 11) is 0. The third-order valence-corrected chi connectivity index (χ3v) is 4.06. The molecule has 0 spiro atoms. The largest absolute Gasteiger partial charge is 0.478 e. The van der Waals surface area contributed by atoms with Crippen LogP contribution in [0, 0.1) is 0 Å². The number of nitrogens with one attached hydrogen (secondary N) is 1. The Hall–Kier alpha value is -2.04. The summed E-state index contributed by atoms with van der Waals surface area (Å²) in [6.07, 6.45) is 3.89. The molecule has 1 fully saturated rings. The molecule has 2 aliphatic heterocycles. The molecule has 2 amide bonds. The van der Waals surface area contributed by atoms with Crippen LogP contribution in [0.5, 0.6) is 5.75 Å². The third-order valence-electron chi connectivity index (χ3n) is 4.06. The van der Waals surface area contributed by atoms with Crippen molar-refractivity contribution in [2.45, 2.75) is 38.7 Å². The smallest absolute Gasteiger partial charge is 0.265 e. The summed E-state index contributed by atoms with van der Waals surface area (Å²) in [4.78, 5) is 26.3. The molecule has 0 radical (unpaired) electrons. The van der Waals surface area contributed by atoms with Crippen molar-refractivity contribution in [2.24, 2.45) is 0 Å². The number of anilines is 1. The molecule has 1 atom stereocenters. The Bertz CT molecular complexity index is 563. The number of nitrogens with zero attached hydrogens (tertiary/aromatic N) is 1. The van der Waals surface area contributed by atoms with Gasteiger partial charge in [-0.25, -0.2) is 0 Å². The van der Waals surface area contributed by atoms with Crippen molar-refractivity contribution in [3.05, 3.63) is 23.8 Å². The van der Waals surface area contributed by atoms with E-state index in [0.29, 0.717) is 17.0 Å². The van der Waals surface area contributed by atoms with Crippen LogP contribution in [0.3, 0.4) is 0 Å². The summed E-state index contributed by atoms with van der Waals surface area (Å²) in [6, 6.07) is 5.32. The van der Waals surface area contributed by atoms with Crippen LogP contribution in [0.15, 0.2) is 18.2 Å². The zero-order chi connectivity index (χ0) is 14.8. The molecule has 1 unspecified atom stereocenters. The van der Waals surface area contributed by atoms with Gasteiger partial charge in [-0.3, -0.25) is 9.59 Å². The summed E-state index contributed by atoms with van der Waals surface area (Å²) in [5, 5.41) is 2.79. The van der Waals surface area contributed by atoms with E-state index in [2.05, 4.69) is 5.32 Å². The van der Waals surface area contributed by atoms with E-state index in [1.807, 2.05) is 4.90 Å². The highest BCUT2D eigenvalue weighted by molar-refractivity contribution is 6.04. The van der Waals surface area contributed by atoms with Crippen LogP contribution < -0.4 is 10.1 Å². The van der Waals surface area contributed by atoms with E-state index in [0.717, 1.165) is 25.9 Å². The van der Waals surface area contributed by atoms with Crippen LogP contribution >= 0.6 is 0 Å². The van der Waals surface area contributed by atoms with Gasteiger partial charge in [-0.15, -0.1) is 0 Å². The first kappa shape index (κ1) is 13.9. The highest BCUT2D eigenvalue weighted by Crippen LogP contribution is 2.34.